The smallest absolute Gasteiger partial charge is 0.221 e. The van der Waals surface area contributed by atoms with Crippen LogP contribution in [0.2, 0.25) is 0 Å². The number of carbonyl (C=O) groups excluding carboxylic acids is 1. The van der Waals surface area contributed by atoms with Crippen molar-refractivity contribution >= 4 is 5.91 Å². The van der Waals surface area contributed by atoms with Crippen molar-refractivity contribution < 1.29 is 9.90 Å². The molecule has 0 aromatic carbocycles. The van der Waals surface area contributed by atoms with E-state index in [0.717, 1.165) is 51.7 Å². The lowest BCUT2D eigenvalue weighted by Crippen LogP contribution is -2.38. The molecule has 2 aliphatic rings. The molecule has 0 aromatic rings. The van der Waals surface area contributed by atoms with Gasteiger partial charge in [-0.1, -0.05) is 0 Å². The Kier molecular flexibility index (Phi) is 4.05. The van der Waals surface area contributed by atoms with Gasteiger partial charge in [0.1, 0.15) is 0 Å². The van der Waals surface area contributed by atoms with Crippen molar-refractivity contribution in [2.45, 2.75) is 57.1 Å². The zero-order valence-corrected chi connectivity index (χ0v) is 10.7. The highest BCUT2D eigenvalue weighted by Crippen LogP contribution is 2.24. The van der Waals surface area contributed by atoms with Gasteiger partial charge in [0.15, 0.2) is 0 Å². The minimum Gasteiger partial charge on any atom is -0.390 e. The molecule has 0 saturated carbocycles. The Morgan fingerprint density at radius 1 is 1.35 bits per heavy atom. The monoisotopic (exact) mass is 240 g/mol. The number of hydrogen-bond acceptors (Lipinski definition) is 3. The van der Waals surface area contributed by atoms with Gasteiger partial charge in [-0.2, -0.15) is 0 Å². The van der Waals surface area contributed by atoms with Crippen LogP contribution < -0.4 is 5.32 Å². The second kappa shape index (κ2) is 5.36. The highest BCUT2D eigenvalue weighted by atomic mass is 16.3. The van der Waals surface area contributed by atoms with Crippen molar-refractivity contribution in [3.05, 3.63) is 0 Å². The van der Waals surface area contributed by atoms with Crippen molar-refractivity contribution in [2.75, 3.05) is 19.6 Å². The second-order valence-corrected chi connectivity index (χ2v) is 5.74. The number of amides is 1. The molecule has 2 atom stereocenters. The maximum atomic E-state index is 11.6. The Morgan fingerprint density at radius 3 is 3.00 bits per heavy atom. The molecule has 0 spiro atoms. The minimum atomic E-state index is -0.512. The average molecular weight is 240 g/mol. The lowest BCUT2D eigenvalue weighted by molar-refractivity contribution is -0.121. The molecule has 0 aliphatic carbocycles. The highest BCUT2D eigenvalue weighted by molar-refractivity contribution is 5.76. The molecule has 2 aliphatic heterocycles. The first-order valence-corrected chi connectivity index (χ1v) is 6.80. The Morgan fingerprint density at radius 2 is 2.18 bits per heavy atom. The normalized spacial score (nSPS) is 37.1. The first-order chi connectivity index (χ1) is 8.07. The predicted octanol–water partition coefficient (Wildman–Crippen LogP) is 0.892. The molecule has 0 bridgehead atoms. The molecule has 98 valence electrons. The zero-order chi connectivity index (χ0) is 12.3. The van der Waals surface area contributed by atoms with Crippen molar-refractivity contribution in [1.29, 1.82) is 0 Å². The van der Waals surface area contributed by atoms with Crippen LogP contribution >= 0.6 is 0 Å². The fourth-order valence-electron chi connectivity index (χ4n) is 2.91. The van der Waals surface area contributed by atoms with E-state index in [9.17, 15) is 9.90 Å². The number of rotatable bonds is 1. The quantitative estimate of drug-likeness (QED) is 0.716. The number of nitrogens with zero attached hydrogens (tertiary/aromatic N) is 1. The van der Waals surface area contributed by atoms with Gasteiger partial charge in [-0.3, -0.25) is 9.69 Å². The molecule has 2 saturated heterocycles. The highest BCUT2D eigenvalue weighted by Gasteiger charge is 2.29. The Hall–Kier alpha value is -0.610. The molecule has 2 fully saturated rings. The summed E-state index contributed by atoms with van der Waals surface area (Å²) in [7, 11) is 0. The topological polar surface area (TPSA) is 52.6 Å². The van der Waals surface area contributed by atoms with Gasteiger partial charge in [-0.15, -0.1) is 0 Å². The Labute approximate surface area is 103 Å². The van der Waals surface area contributed by atoms with E-state index in [2.05, 4.69) is 10.2 Å². The first kappa shape index (κ1) is 12.8. The third-order valence-corrected chi connectivity index (χ3v) is 4.07. The van der Waals surface area contributed by atoms with Gasteiger partial charge in [0.05, 0.1) is 5.60 Å². The summed E-state index contributed by atoms with van der Waals surface area (Å²) in [4.78, 5) is 14.0. The molecule has 1 amide bonds. The van der Waals surface area contributed by atoms with Crippen molar-refractivity contribution in [3.63, 3.8) is 0 Å². The van der Waals surface area contributed by atoms with Crippen LogP contribution in [0.5, 0.6) is 0 Å². The van der Waals surface area contributed by atoms with E-state index in [1.54, 1.807) is 0 Å². The van der Waals surface area contributed by atoms with Gasteiger partial charge in [0.25, 0.3) is 0 Å². The summed E-state index contributed by atoms with van der Waals surface area (Å²) < 4.78 is 0. The molecule has 2 rings (SSSR count). The largest absolute Gasteiger partial charge is 0.390 e. The summed E-state index contributed by atoms with van der Waals surface area (Å²) in [6.07, 6.45) is 5.53. The van der Waals surface area contributed by atoms with Crippen molar-refractivity contribution in [2.24, 2.45) is 0 Å². The SMILES string of the molecule is CC1(O)CCCN(C2CCCNC(=O)C2)CC1. The third-order valence-electron chi connectivity index (χ3n) is 4.07. The van der Waals surface area contributed by atoms with Gasteiger partial charge in [0.2, 0.25) is 5.91 Å². The summed E-state index contributed by atoms with van der Waals surface area (Å²) in [5.74, 6) is 0.184. The van der Waals surface area contributed by atoms with Crippen LogP contribution in [-0.4, -0.2) is 47.2 Å². The van der Waals surface area contributed by atoms with Gasteiger partial charge in [0, 0.05) is 25.6 Å². The van der Waals surface area contributed by atoms with E-state index < -0.39 is 5.60 Å². The molecular weight excluding hydrogens is 216 g/mol. The average Bonchev–Trinajstić information content (AvgIpc) is 2.56. The number of likely N-dealkylation sites (tertiary alicyclic amines) is 1. The molecule has 0 radical (unpaired) electrons. The van der Waals surface area contributed by atoms with E-state index in [-0.39, 0.29) is 5.91 Å². The summed E-state index contributed by atoms with van der Waals surface area (Å²) in [5, 5.41) is 13.0. The standard InChI is InChI=1S/C13H24N2O2/c1-13(17)5-3-8-15(9-6-13)11-4-2-7-14-12(16)10-11/h11,17H,2-10H2,1H3,(H,14,16). The van der Waals surface area contributed by atoms with E-state index in [0.29, 0.717) is 12.5 Å². The van der Waals surface area contributed by atoms with Crippen LogP contribution in [-0.2, 0) is 4.79 Å². The lowest BCUT2D eigenvalue weighted by atomic mass is 9.98. The van der Waals surface area contributed by atoms with E-state index in [1.165, 1.54) is 0 Å². The van der Waals surface area contributed by atoms with Crippen LogP contribution in [0.1, 0.15) is 45.4 Å². The molecule has 17 heavy (non-hydrogen) atoms. The zero-order valence-electron chi connectivity index (χ0n) is 10.7. The van der Waals surface area contributed by atoms with Crippen LogP contribution in [0.15, 0.2) is 0 Å². The van der Waals surface area contributed by atoms with Crippen LogP contribution in [0.25, 0.3) is 0 Å². The molecule has 2 unspecified atom stereocenters. The molecule has 2 heterocycles. The number of nitrogens with one attached hydrogen (secondary N) is 1. The fraction of sp³-hybridized carbons (Fsp3) is 0.923. The predicted molar refractivity (Wildman–Crippen MR) is 66.7 cm³/mol. The summed E-state index contributed by atoms with van der Waals surface area (Å²) in [6, 6.07) is 0.381. The van der Waals surface area contributed by atoms with Crippen LogP contribution in [0, 0.1) is 0 Å². The summed E-state index contributed by atoms with van der Waals surface area (Å²) >= 11 is 0. The minimum absolute atomic E-state index is 0.184. The molecule has 2 N–H and O–H groups in total. The fourth-order valence-corrected chi connectivity index (χ4v) is 2.91. The maximum Gasteiger partial charge on any atom is 0.221 e. The van der Waals surface area contributed by atoms with Gasteiger partial charge in [-0.25, -0.2) is 0 Å². The second-order valence-electron chi connectivity index (χ2n) is 5.74. The third kappa shape index (κ3) is 3.68. The van der Waals surface area contributed by atoms with E-state index >= 15 is 0 Å². The van der Waals surface area contributed by atoms with Crippen LogP contribution in [0.4, 0.5) is 0 Å². The van der Waals surface area contributed by atoms with E-state index in [1.807, 2.05) is 6.92 Å². The number of aliphatic hydroxyl groups is 1. The van der Waals surface area contributed by atoms with Gasteiger partial charge < -0.3 is 10.4 Å². The van der Waals surface area contributed by atoms with Gasteiger partial charge in [-0.05, 0) is 45.6 Å². The Bertz CT molecular complexity index is 279. The Balaban J connectivity index is 1.94. The maximum absolute atomic E-state index is 11.6. The lowest BCUT2D eigenvalue weighted by Gasteiger charge is -2.29. The molecule has 4 heteroatoms. The summed E-state index contributed by atoms with van der Waals surface area (Å²) in [6.45, 7) is 4.69. The first-order valence-electron chi connectivity index (χ1n) is 6.80. The molecular formula is C13H24N2O2. The van der Waals surface area contributed by atoms with E-state index in [4.69, 9.17) is 0 Å². The number of hydrogen-bond donors (Lipinski definition) is 2. The molecule has 0 aromatic heterocycles. The van der Waals surface area contributed by atoms with Crippen LogP contribution in [0.3, 0.4) is 0 Å². The van der Waals surface area contributed by atoms with Crippen molar-refractivity contribution in [3.8, 4) is 0 Å². The summed E-state index contributed by atoms with van der Waals surface area (Å²) in [5.41, 5.74) is -0.512. The number of carbonyl (C=O) groups is 1. The van der Waals surface area contributed by atoms with Crippen molar-refractivity contribution in [1.82, 2.24) is 10.2 Å². The molecule has 4 nitrogen and oxygen atoms in total. The van der Waals surface area contributed by atoms with Gasteiger partial charge >= 0.3 is 0 Å².